The monoisotopic (exact) mass is 655 g/mol. The van der Waals surface area contributed by atoms with E-state index in [2.05, 4.69) is 4.98 Å². The molecule has 1 saturated heterocycles. The zero-order chi connectivity index (χ0) is 33.5. The molecule has 1 aliphatic carbocycles. The Labute approximate surface area is 253 Å². The number of methoxy groups -OCH3 is 1. The van der Waals surface area contributed by atoms with Gasteiger partial charge in [0, 0.05) is 52.2 Å². The first-order valence-corrected chi connectivity index (χ1v) is 14.9. The Morgan fingerprint density at radius 2 is 1.73 bits per heavy atom. The fraction of sp³-hybridized carbons (Fsp3) is 0.630. The van der Waals surface area contributed by atoms with Crippen molar-refractivity contribution in [3.63, 3.8) is 0 Å². The lowest BCUT2D eigenvalue weighted by atomic mass is 10.1. The summed E-state index contributed by atoms with van der Waals surface area (Å²) in [6, 6.07) is 2.80. The third kappa shape index (κ3) is 10.7. The van der Waals surface area contributed by atoms with E-state index in [1.807, 2.05) is 0 Å². The number of carbonyl (C=O) groups is 3. The number of ether oxygens (including phenoxy) is 3. The molecule has 17 heteroatoms. The fourth-order valence-electron chi connectivity index (χ4n) is 4.38. The number of piperidine rings is 1. The molecular weight excluding hydrogens is 618 g/mol. The van der Waals surface area contributed by atoms with Crippen LogP contribution in [0.4, 0.5) is 17.6 Å². The third-order valence-corrected chi connectivity index (χ3v) is 8.49. The van der Waals surface area contributed by atoms with Gasteiger partial charge in [0.1, 0.15) is 17.1 Å². The van der Waals surface area contributed by atoms with Crippen LogP contribution in [0, 0.1) is 17.8 Å². The van der Waals surface area contributed by atoms with E-state index in [1.54, 1.807) is 39.8 Å². The molecule has 12 nitrogen and oxygen atoms in total. The molecule has 2 fully saturated rings. The van der Waals surface area contributed by atoms with Crippen molar-refractivity contribution in [1.82, 2.24) is 14.2 Å². The number of fused-ring (bicyclic) bond motifs is 1. The first-order chi connectivity index (χ1) is 20.3. The Bertz CT molecular complexity index is 1290. The summed E-state index contributed by atoms with van der Waals surface area (Å²) in [4.78, 5) is 39.0. The highest BCUT2D eigenvalue weighted by Crippen LogP contribution is 2.53. The van der Waals surface area contributed by atoms with Gasteiger partial charge in [0.15, 0.2) is 0 Å². The predicted octanol–water partition coefficient (Wildman–Crippen LogP) is 3.04. The molecule has 1 aromatic rings. The summed E-state index contributed by atoms with van der Waals surface area (Å²) < 4.78 is 88.1. The summed E-state index contributed by atoms with van der Waals surface area (Å²) in [6.07, 6.45) is -3.36. The van der Waals surface area contributed by atoms with Gasteiger partial charge in [-0.15, -0.1) is 0 Å². The predicted molar refractivity (Wildman–Crippen MR) is 146 cm³/mol. The largest absolute Gasteiger partial charge is 0.490 e. The van der Waals surface area contributed by atoms with Crippen LogP contribution in [0.5, 0.6) is 5.88 Å². The quantitative estimate of drug-likeness (QED) is 0.263. The van der Waals surface area contributed by atoms with Crippen LogP contribution in [-0.4, -0.2) is 104 Å². The SMILES string of the molecule is COCCN(C)C(=O)C1[C@H]2CN(S(=O)(=O)c3ccc(OCC(=CF)CCC(=O)OC(C)(C)C)nc3)C[C@@H]12.O=C(O)C(F)(F)F. The molecule has 2 aliphatic rings. The first-order valence-electron chi connectivity index (χ1n) is 13.4. The molecule has 1 unspecified atom stereocenters. The Kier molecular flexibility index (Phi) is 12.7. The first kappa shape index (κ1) is 36.9. The number of carbonyl (C=O) groups excluding carboxylic acids is 2. The molecule has 0 radical (unpaired) electrons. The summed E-state index contributed by atoms with van der Waals surface area (Å²) in [5.74, 6) is -3.14. The number of rotatable bonds is 12. The molecule has 1 N–H and O–H groups in total. The van der Waals surface area contributed by atoms with E-state index in [0.717, 1.165) is 0 Å². The number of pyridine rings is 1. The number of esters is 1. The smallest absolute Gasteiger partial charge is 0.475 e. The molecule has 1 amide bonds. The lowest BCUT2D eigenvalue weighted by Crippen LogP contribution is -2.37. The number of carboxylic acid groups (broad SMARTS) is 1. The standard InChI is InChI=1S/C25H36FN3O7S.C2HF3O2/c1-25(2,3)36-22(30)9-6-17(12-26)16-35-21-8-7-18(13-27-21)37(32,33)29-14-19-20(15-29)23(19)24(31)28(4)10-11-34-5;3-2(4,5)1(6)7/h7-8,12-13,19-20,23H,6,9-11,14-16H2,1-5H3;(H,6,7)/t19-,20+,23?;. The van der Waals surface area contributed by atoms with E-state index in [4.69, 9.17) is 24.1 Å². The number of halogens is 4. The molecule has 248 valence electrons. The van der Waals surface area contributed by atoms with Gasteiger partial charge in [0.05, 0.1) is 19.1 Å². The highest BCUT2D eigenvalue weighted by atomic mass is 32.2. The van der Waals surface area contributed by atoms with Gasteiger partial charge >= 0.3 is 18.1 Å². The lowest BCUT2D eigenvalue weighted by Gasteiger charge is -2.22. The van der Waals surface area contributed by atoms with Gasteiger partial charge < -0.3 is 24.2 Å². The van der Waals surface area contributed by atoms with Crippen molar-refractivity contribution in [2.45, 2.75) is 50.3 Å². The number of hydrogen-bond acceptors (Lipinski definition) is 9. The molecule has 1 aromatic heterocycles. The summed E-state index contributed by atoms with van der Waals surface area (Å²) in [5, 5.41) is 7.12. The minimum atomic E-state index is -5.08. The number of aliphatic carboxylic acids is 1. The van der Waals surface area contributed by atoms with E-state index in [-0.39, 0.29) is 59.5 Å². The maximum absolute atomic E-state index is 13.2. The van der Waals surface area contributed by atoms with Crippen LogP contribution in [0.2, 0.25) is 0 Å². The second-order valence-electron chi connectivity index (χ2n) is 11.2. The maximum atomic E-state index is 13.2. The molecule has 3 rings (SSSR count). The average Bonchev–Trinajstić information content (AvgIpc) is 3.41. The van der Waals surface area contributed by atoms with Crippen molar-refractivity contribution in [1.29, 1.82) is 0 Å². The van der Waals surface area contributed by atoms with Crippen LogP contribution in [0.3, 0.4) is 0 Å². The van der Waals surface area contributed by atoms with Crippen molar-refractivity contribution < 1.29 is 59.7 Å². The number of nitrogens with zero attached hydrogens (tertiary/aromatic N) is 3. The van der Waals surface area contributed by atoms with Gasteiger partial charge in [0.25, 0.3) is 0 Å². The molecule has 1 saturated carbocycles. The molecule has 2 heterocycles. The number of hydrogen-bond donors (Lipinski definition) is 1. The highest BCUT2D eigenvalue weighted by molar-refractivity contribution is 7.89. The van der Waals surface area contributed by atoms with Crippen molar-refractivity contribution in [3.8, 4) is 5.88 Å². The van der Waals surface area contributed by atoms with Crippen molar-refractivity contribution in [2.24, 2.45) is 17.8 Å². The minimum absolute atomic E-state index is 0.00864. The van der Waals surface area contributed by atoms with Gasteiger partial charge in [-0.05, 0) is 50.7 Å². The lowest BCUT2D eigenvalue weighted by molar-refractivity contribution is -0.192. The van der Waals surface area contributed by atoms with E-state index in [0.29, 0.717) is 32.6 Å². The highest BCUT2D eigenvalue weighted by Gasteiger charge is 2.61. The Morgan fingerprint density at radius 1 is 1.14 bits per heavy atom. The number of aromatic nitrogens is 1. The number of amides is 1. The van der Waals surface area contributed by atoms with Gasteiger partial charge in [-0.3, -0.25) is 9.59 Å². The normalized spacial score (nSPS) is 20.2. The van der Waals surface area contributed by atoms with Crippen LogP contribution >= 0.6 is 0 Å². The van der Waals surface area contributed by atoms with Crippen LogP contribution in [0.15, 0.2) is 35.1 Å². The number of sulfonamides is 1. The van der Waals surface area contributed by atoms with Gasteiger partial charge in [-0.2, -0.15) is 17.5 Å². The zero-order valence-corrected chi connectivity index (χ0v) is 25.8. The maximum Gasteiger partial charge on any atom is 0.490 e. The van der Waals surface area contributed by atoms with E-state index in [1.165, 1.54) is 22.6 Å². The van der Waals surface area contributed by atoms with Crippen LogP contribution < -0.4 is 4.74 Å². The summed E-state index contributed by atoms with van der Waals surface area (Å²) >= 11 is 0. The van der Waals surface area contributed by atoms with Gasteiger partial charge in [-0.1, -0.05) is 0 Å². The Balaban J connectivity index is 0.000000860. The minimum Gasteiger partial charge on any atom is -0.475 e. The zero-order valence-electron chi connectivity index (χ0n) is 25.0. The Morgan fingerprint density at radius 3 is 2.18 bits per heavy atom. The summed E-state index contributed by atoms with van der Waals surface area (Å²) in [7, 11) is -0.457. The van der Waals surface area contributed by atoms with Gasteiger partial charge in [-0.25, -0.2) is 22.6 Å². The van der Waals surface area contributed by atoms with E-state index in [9.17, 15) is 35.6 Å². The second kappa shape index (κ2) is 15.1. The van der Waals surface area contributed by atoms with E-state index < -0.39 is 33.7 Å². The number of likely N-dealkylation sites (N-methyl/N-ethyl adjacent to an activating group) is 1. The molecule has 1 aliphatic heterocycles. The third-order valence-electron chi connectivity index (χ3n) is 6.67. The number of carboxylic acids is 1. The van der Waals surface area contributed by atoms with Crippen LogP contribution in [0.1, 0.15) is 33.6 Å². The molecule has 0 spiro atoms. The Hall–Kier alpha value is -3.31. The topological polar surface area (TPSA) is 153 Å². The fourth-order valence-corrected chi connectivity index (χ4v) is 5.84. The van der Waals surface area contributed by atoms with Crippen molar-refractivity contribution >= 4 is 27.9 Å². The van der Waals surface area contributed by atoms with Crippen molar-refractivity contribution in [2.75, 3.05) is 47.0 Å². The van der Waals surface area contributed by atoms with Crippen LogP contribution in [-0.2, 0) is 33.9 Å². The van der Waals surface area contributed by atoms with E-state index >= 15 is 0 Å². The summed E-state index contributed by atoms with van der Waals surface area (Å²) in [6.45, 7) is 6.67. The average molecular weight is 656 g/mol. The van der Waals surface area contributed by atoms with Crippen molar-refractivity contribution in [3.05, 3.63) is 30.2 Å². The second-order valence-corrected chi connectivity index (χ2v) is 13.1. The molecular formula is C27H37F4N3O9S. The summed E-state index contributed by atoms with van der Waals surface area (Å²) in [5.41, 5.74) is -0.369. The van der Waals surface area contributed by atoms with Gasteiger partial charge in [0.2, 0.25) is 21.8 Å². The molecule has 44 heavy (non-hydrogen) atoms. The molecule has 0 aromatic carbocycles. The number of alkyl halides is 3. The van der Waals surface area contributed by atoms with Crippen LogP contribution in [0.25, 0.3) is 0 Å². The molecule has 0 bridgehead atoms. The molecule has 3 atom stereocenters.